The molecule has 0 saturated carbocycles. The summed E-state index contributed by atoms with van der Waals surface area (Å²) in [4.78, 5) is 18.8. The normalized spacial score (nSPS) is 10.8. The summed E-state index contributed by atoms with van der Waals surface area (Å²) in [6, 6.07) is 1.59. The third kappa shape index (κ3) is 2.53. The van der Waals surface area contributed by atoms with Gasteiger partial charge in [-0.2, -0.15) is 5.10 Å². The summed E-state index contributed by atoms with van der Waals surface area (Å²) < 4.78 is 1.59. The molecule has 0 amide bonds. The van der Waals surface area contributed by atoms with Crippen molar-refractivity contribution >= 4 is 5.97 Å². The standard InChI is InChI=1S/C12H14N4O2/c1-8(2)3-9-4-11(12(17)18)15-16(9)10-5-13-7-14-6-10/h4-8H,3H2,1-2H3,(H,17,18). The summed E-state index contributed by atoms with van der Waals surface area (Å²) in [5, 5.41) is 13.1. The van der Waals surface area contributed by atoms with Crippen LogP contribution in [-0.4, -0.2) is 30.8 Å². The average molecular weight is 246 g/mol. The molecule has 0 aliphatic heterocycles. The van der Waals surface area contributed by atoms with Crippen LogP contribution in [0.1, 0.15) is 30.0 Å². The Morgan fingerprint density at radius 2 is 2.06 bits per heavy atom. The highest BCUT2D eigenvalue weighted by atomic mass is 16.4. The van der Waals surface area contributed by atoms with E-state index >= 15 is 0 Å². The third-order valence-corrected chi connectivity index (χ3v) is 2.41. The van der Waals surface area contributed by atoms with Crippen LogP contribution < -0.4 is 0 Å². The minimum absolute atomic E-state index is 0.0366. The monoisotopic (exact) mass is 246 g/mol. The van der Waals surface area contributed by atoms with E-state index in [0.717, 1.165) is 12.1 Å². The van der Waals surface area contributed by atoms with Gasteiger partial charge in [0.25, 0.3) is 0 Å². The van der Waals surface area contributed by atoms with Gasteiger partial charge in [0.15, 0.2) is 5.69 Å². The number of hydrogen-bond donors (Lipinski definition) is 1. The Hall–Kier alpha value is -2.24. The largest absolute Gasteiger partial charge is 0.476 e. The lowest BCUT2D eigenvalue weighted by Crippen LogP contribution is -2.06. The molecule has 2 aromatic heterocycles. The zero-order chi connectivity index (χ0) is 13.1. The average Bonchev–Trinajstić information content (AvgIpc) is 2.73. The van der Waals surface area contributed by atoms with Gasteiger partial charge in [-0.25, -0.2) is 19.4 Å². The predicted octanol–water partition coefficient (Wildman–Crippen LogP) is 1.56. The zero-order valence-corrected chi connectivity index (χ0v) is 10.2. The first-order valence-corrected chi connectivity index (χ1v) is 5.65. The summed E-state index contributed by atoms with van der Waals surface area (Å²) in [7, 11) is 0. The molecular formula is C12H14N4O2. The highest BCUT2D eigenvalue weighted by Gasteiger charge is 2.15. The van der Waals surface area contributed by atoms with Gasteiger partial charge in [-0.1, -0.05) is 13.8 Å². The Bertz CT molecular complexity index is 548. The van der Waals surface area contributed by atoms with Crippen molar-refractivity contribution in [1.29, 1.82) is 0 Å². The fourth-order valence-corrected chi connectivity index (χ4v) is 1.71. The molecule has 0 aliphatic carbocycles. The van der Waals surface area contributed by atoms with Crippen LogP contribution in [0.3, 0.4) is 0 Å². The highest BCUT2D eigenvalue weighted by molar-refractivity contribution is 5.85. The molecule has 2 aromatic rings. The van der Waals surface area contributed by atoms with Crippen molar-refractivity contribution in [3.05, 3.63) is 36.2 Å². The van der Waals surface area contributed by atoms with Crippen molar-refractivity contribution in [3.8, 4) is 5.69 Å². The maximum atomic E-state index is 11.0. The Balaban J connectivity index is 2.47. The fraction of sp³-hybridized carbons (Fsp3) is 0.333. The molecule has 0 spiro atoms. The molecule has 2 rings (SSSR count). The van der Waals surface area contributed by atoms with Crippen LogP contribution in [0.25, 0.3) is 5.69 Å². The van der Waals surface area contributed by atoms with Crippen molar-refractivity contribution in [3.63, 3.8) is 0 Å². The van der Waals surface area contributed by atoms with Crippen LogP contribution in [0, 0.1) is 5.92 Å². The van der Waals surface area contributed by atoms with Gasteiger partial charge in [0.2, 0.25) is 0 Å². The third-order valence-electron chi connectivity index (χ3n) is 2.41. The smallest absolute Gasteiger partial charge is 0.356 e. The van der Waals surface area contributed by atoms with Crippen molar-refractivity contribution in [2.24, 2.45) is 5.92 Å². The molecule has 18 heavy (non-hydrogen) atoms. The van der Waals surface area contributed by atoms with E-state index < -0.39 is 5.97 Å². The van der Waals surface area contributed by atoms with Gasteiger partial charge < -0.3 is 5.11 Å². The summed E-state index contributed by atoms with van der Waals surface area (Å²) >= 11 is 0. The van der Waals surface area contributed by atoms with Crippen molar-refractivity contribution in [1.82, 2.24) is 19.7 Å². The second kappa shape index (κ2) is 4.95. The lowest BCUT2D eigenvalue weighted by Gasteiger charge is -2.07. The molecule has 94 valence electrons. The van der Waals surface area contributed by atoms with E-state index in [1.54, 1.807) is 23.1 Å². The van der Waals surface area contributed by atoms with E-state index in [9.17, 15) is 4.79 Å². The first-order valence-electron chi connectivity index (χ1n) is 5.65. The van der Waals surface area contributed by atoms with E-state index in [4.69, 9.17) is 5.11 Å². The molecule has 6 heteroatoms. The van der Waals surface area contributed by atoms with Crippen LogP contribution in [-0.2, 0) is 6.42 Å². The van der Waals surface area contributed by atoms with Gasteiger partial charge in [0, 0.05) is 5.69 Å². The Kier molecular flexibility index (Phi) is 3.36. The summed E-state index contributed by atoms with van der Waals surface area (Å²) in [5.74, 6) is -0.623. The summed E-state index contributed by atoms with van der Waals surface area (Å²) in [6.45, 7) is 4.14. The molecule has 0 aromatic carbocycles. The van der Waals surface area contributed by atoms with E-state index in [2.05, 4.69) is 28.9 Å². The van der Waals surface area contributed by atoms with E-state index in [1.165, 1.54) is 6.33 Å². The number of nitrogens with zero attached hydrogens (tertiary/aromatic N) is 4. The van der Waals surface area contributed by atoms with E-state index in [0.29, 0.717) is 11.6 Å². The van der Waals surface area contributed by atoms with Gasteiger partial charge in [0.1, 0.15) is 12.0 Å². The number of hydrogen-bond acceptors (Lipinski definition) is 4. The highest BCUT2D eigenvalue weighted by Crippen LogP contribution is 2.15. The number of carboxylic acid groups (broad SMARTS) is 1. The molecule has 0 aliphatic rings. The lowest BCUT2D eigenvalue weighted by molar-refractivity contribution is 0.0690. The minimum Gasteiger partial charge on any atom is -0.476 e. The molecular weight excluding hydrogens is 232 g/mol. The molecule has 0 bridgehead atoms. The number of aromatic carboxylic acids is 1. The van der Waals surface area contributed by atoms with Crippen LogP contribution in [0.15, 0.2) is 24.8 Å². The van der Waals surface area contributed by atoms with Crippen molar-refractivity contribution < 1.29 is 9.90 Å². The first kappa shape index (κ1) is 12.2. The molecule has 0 unspecified atom stereocenters. The van der Waals surface area contributed by atoms with Crippen LogP contribution in [0.4, 0.5) is 0 Å². The number of carboxylic acids is 1. The SMILES string of the molecule is CC(C)Cc1cc(C(=O)O)nn1-c1cncnc1. The van der Waals surface area contributed by atoms with Crippen molar-refractivity contribution in [2.75, 3.05) is 0 Å². The number of carbonyl (C=O) groups is 1. The first-order chi connectivity index (χ1) is 8.58. The van der Waals surface area contributed by atoms with E-state index in [-0.39, 0.29) is 5.69 Å². The molecule has 0 radical (unpaired) electrons. The van der Waals surface area contributed by atoms with Crippen LogP contribution in [0.5, 0.6) is 0 Å². The maximum absolute atomic E-state index is 11.0. The lowest BCUT2D eigenvalue weighted by atomic mass is 10.1. The summed E-state index contributed by atoms with van der Waals surface area (Å²) in [6.07, 6.45) is 5.38. The quantitative estimate of drug-likeness (QED) is 0.885. The summed E-state index contributed by atoms with van der Waals surface area (Å²) in [5.41, 5.74) is 1.55. The maximum Gasteiger partial charge on any atom is 0.356 e. The molecule has 1 N–H and O–H groups in total. The number of rotatable bonds is 4. The molecule has 2 heterocycles. The van der Waals surface area contributed by atoms with Gasteiger partial charge in [-0.3, -0.25) is 0 Å². The molecule has 0 saturated heterocycles. The molecule has 0 fully saturated rings. The van der Waals surface area contributed by atoms with Gasteiger partial charge >= 0.3 is 5.97 Å². The number of aromatic nitrogens is 4. The Morgan fingerprint density at radius 1 is 1.39 bits per heavy atom. The Morgan fingerprint density at radius 3 is 2.61 bits per heavy atom. The molecule has 0 atom stereocenters. The zero-order valence-electron chi connectivity index (χ0n) is 10.2. The van der Waals surface area contributed by atoms with Crippen LogP contribution >= 0.6 is 0 Å². The van der Waals surface area contributed by atoms with Crippen molar-refractivity contribution in [2.45, 2.75) is 20.3 Å². The second-order valence-corrected chi connectivity index (χ2v) is 4.43. The predicted molar refractivity (Wildman–Crippen MR) is 64.7 cm³/mol. The topological polar surface area (TPSA) is 80.9 Å². The van der Waals surface area contributed by atoms with Gasteiger partial charge in [-0.15, -0.1) is 0 Å². The minimum atomic E-state index is -1.03. The van der Waals surface area contributed by atoms with E-state index in [1.807, 2.05) is 0 Å². The van der Waals surface area contributed by atoms with Crippen LogP contribution in [0.2, 0.25) is 0 Å². The van der Waals surface area contributed by atoms with Gasteiger partial charge in [-0.05, 0) is 18.4 Å². The fourth-order valence-electron chi connectivity index (χ4n) is 1.71. The van der Waals surface area contributed by atoms with Gasteiger partial charge in [0.05, 0.1) is 12.4 Å². The molecule has 6 nitrogen and oxygen atoms in total. The second-order valence-electron chi connectivity index (χ2n) is 4.43. The Labute approximate surface area is 104 Å².